The first kappa shape index (κ1) is 43.3. The van der Waals surface area contributed by atoms with Gasteiger partial charge in [0.15, 0.2) is 11.2 Å². The second-order valence-corrected chi connectivity index (χ2v) is 13.6. The molecule has 5 aromatic rings. The van der Waals surface area contributed by atoms with Gasteiger partial charge in [0, 0.05) is 32.3 Å². The van der Waals surface area contributed by atoms with Crippen LogP contribution in [0.4, 0.5) is 11.8 Å². The molecule has 0 radical (unpaired) electrons. The number of oxazole rings is 1. The van der Waals surface area contributed by atoms with E-state index in [1.54, 1.807) is 6.07 Å². The molecule has 3 aromatic heterocycles. The van der Waals surface area contributed by atoms with Crippen LogP contribution in [0.25, 0.3) is 33.4 Å². The number of hydrogen-bond acceptors (Lipinski definition) is 16. The molecular formula is C40H53N9O10. The summed E-state index contributed by atoms with van der Waals surface area (Å²) in [4.78, 5) is 39.1. The number of aromatic nitrogens is 5. The number of amides is 2. The summed E-state index contributed by atoms with van der Waals surface area (Å²) in [5, 5.41) is 8.25. The smallest absolute Gasteiger partial charge is 0.292 e. The highest BCUT2D eigenvalue weighted by molar-refractivity contribution is 5.99. The van der Waals surface area contributed by atoms with Crippen LogP contribution in [0.1, 0.15) is 23.1 Å². The molecule has 0 unspecified atom stereocenters. The minimum absolute atomic E-state index is 0.0417. The van der Waals surface area contributed by atoms with E-state index in [9.17, 15) is 9.59 Å². The highest BCUT2D eigenvalue weighted by atomic mass is 16.6. The molecule has 5 N–H and O–H groups in total. The second-order valence-electron chi connectivity index (χ2n) is 13.6. The first-order valence-electron chi connectivity index (χ1n) is 19.6. The molecule has 0 saturated heterocycles. The van der Waals surface area contributed by atoms with Crippen LogP contribution in [-0.2, 0) is 62.3 Å². The van der Waals surface area contributed by atoms with E-state index in [-0.39, 0.29) is 24.4 Å². The fourth-order valence-corrected chi connectivity index (χ4v) is 6.49. The summed E-state index contributed by atoms with van der Waals surface area (Å²) in [7, 11) is 1.47. The molecule has 0 spiro atoms. The molecular weight excluding hydrogens is 766 g/mol. The van der Waals surface area contributed by atoms with Crippen LogP contribution in [0, 0.1) is 0 Å². The van der Waals surface area contributed by atoms with E-state index in [1.165, 1.54) is 19.0 Å². The van der Waals surface area contributed by atoms with Gasteiger partial charge in [0.25, 0.3) is 6.01 Å². The predicted molar refractivity (Wildman–Crippen MR) is 216 cm³/mol. The van der Waals surface area contributed by atoms with Crippen LogP contribution in [0.15, 0.2) is 47.1 Å². The van der Waals surface area contributed by atoms with Gasteiger partial charge in [-0.2, -0.15) is 10.1 Å². The van der Waals surface area contributed by atoms with Gasteiger partial charge in [-0.05, 0) is 41.3 Å². The van der Waals surface area contributed by atoms with Crippen molar-refractivity contribution in [2.45, 2.75) is 25.9 Å². The summed E-state index contributed by atoms with van der Waals surface area (Å²) in [6.45, 7) is 7.32. The van der Waals surface area contributed by atoms with E-state index in [0.717, 1.165) is 23.1 Å². The number of nitrogen functional groups attached to an aromatic ring is 2. The number of hydrogen-bond donors (Lipinski definition) is 3. The summed E-state index contributed by atoms with van der Waals surface area (Å²) >= 11 is 0. The Morgan fingerprint density at radius 1 is 0.814 bits per heavy atom. The van der Waals surface area contributed by atoms with E-state index in [2.05, 4.69) is 38.5 Å². The number of anilines is 2. The molecule has 0 atom stereocenters. The maximum Gasteiger partial charge on any atom is 0.292 e. The largest absolute Gasteiger partial charge is 0.424 e. The average Bonchev–Trinajstić information content (AvgIpc) is 3.80. The molecule has 19 nitrogen and oxygen atoms in total. The highest BCUT2D eigenvalue weighted by Crippen LogP contribution is 2.33. The zero-order valence-corrected chi connectivity index (χ0v) is 33.4. The Morgan fingerprint density at radius 2 is 1.49 bits per heavy atom. The van der Waals surface area contributed by atoms with Crippen LogP contribution in [0.2, 0.25) is 0 Å². The van der Waals surface area contributed by atoms with Crippen LogP contribution in [0.3, 0.4) is 0 Å². The molecule has 59 heavy (non-hydrogen) atoms. The number of ether oxygens (including phenoxy) is 7. The number of methoxy groups -OCH3 is 1. The minimum Gasteiger partial charge on any atom is -0.424 e. The van der Waals surface area contributed by atoms with E-state index in [0.29, 0.717) is 146 Å². The van der Waals surface area contributed by atoms with Gasteiger partial charge < -0.3 is 59.3 Å². The number of benzene rings is 2. The summed E-state index contributed by atoms with van der Waals surface area (Å²) < 4.78 is 45.0. The van der Waals surface area contributed by atoms with Crippen LogP contribution < -0.4 is 16.8 Å². The Hall–Kier alpha value is -5.28. The van der Waals surface area contributed by atoms with E-state index in [1.807, 2.05) is 21.7 Å². The lowest BCUT2D eigenvalue weighted by Gasteiger charge is -2.29. The summed E-state index contributed by atoms with van der Waals surface area (Å²) in [5.74, 6) is 0.231. The third kappa shape index (κ3) is 12.9. The third-order valence-corrected chi connectivity index (χ3v) is 9.37. The molecule has 318 valence electrons. The molecule has 19 heteroatoms. The third-order valence-electron chi connectivity index (χ3n) is 9.37. The minimum atomic E-state index is -0.170. The van der Waals surface area contributed by atoms with Gasteiger partial charge in [-0.25, -0.2) is 14.6 Å². The molecule has 1 aliphatic rings. The van der Waals surface area contributed by atoms with E-state index >= 15 is 0 Å². The molecule has 2 amide bonds. The van der Waals surface area contributed by atoms with Gasteiger partial charge in [0.05, 0.1) is 97.6 Å². The molecule has 2 aromatic carbocycles. The van der Waals surface area contributed by atoms with Crippen molar-refractivity contribution >= 4 is 45.8 Å². The van der Waals surface area contributed by atoms with Gasteiger partial charge >= 0.3 is 0 Å². The van der Waals surface area contributed by atoms with Crippen molar-refractivity contribution in [3.63, 3.8) is 0 Å². The van der Waals surface area contributed by atoms with Crippen molar-refractivity contribution < 1.29 is 47.2 Å². The van der Waals surface area contributed by atoms with Crippen molar-refractivity contribution in [2.75, 3.05) is 118 Å². The van der Waals surface area contributed by atoms with Crippen molar-refractivity contribution in [1.29, 1.82) is 0 Å². The fraction of sp³-hybridized carbons (Fsp3) is 0.500. The first-order valence-corrected chi connectivity index (χ1v) is 19.6. The van der Waals surface area contributed by atoms with E-state index < -0.39 is 0 Å². The average molecular weight is 820 g/mol. The Morgan fingerprint density at radius 3 is 2.19 bits per heavy atom. The van der Waals surface area contributed by atoms with Crippen molar-refractivity contribution in [3.8, 4) is 11.3 Å². The summed E-state index contributed by atoms with van der Waals surface area (Å²) in [5.41, 5.74) is 18.8. The zero-order chi connectivity index (χ0) is 41.2. The molecule has 1 aliphatic heterocycles. The number of carbonyl (C=O) groups excluding carboxylic acids is 2. The van der Waals surface area contributed by atoms with E-state index in [4.69, 9.17) is 54.1 Å². The lowest BCUT2D eigenvalue weighted by Crippen LogP contribution is -2.36. The normalized spacial score (nSPS) is 12.7. The van der Waals surface area contributed by atoms with Gasteiger partial charge in [0.2, 0.25) is 11.8 Å². The molecule has 6 rings (SSSR count). The molecule has 4 heterocycles. The fourth-order valence-electron chi connectivity index (χ4n) is 6.49. The van der Waals surface area contributed by atoms with Gasteiger partial charge in [-0.1, -0.05) is 18.2 Å². The quantitative estimate of drug-likeness (QED) is 0.0677. The van der Waals surface area contributed by atoms with Crippen LogP contribution in [-0.4, -0.2) is 148 Å². The first-order chi connectivity index (χ1) is 28.9. The second kappa shape index (κ2) is 22.8. The number of nitrogens with one attached hydrogen (secondary N) is 1. The standard InChI is InChI=1S/C40H53N9O10/c1-52-26-34(50)43-8-11-54-13-15-56-17-19-58-21-20-57-18-16-55-14-12-53-10-7-35(51)48-9-6-29-22-28(2-3-31(29)25-48)24-49-39-36(38(41)44-27-45-39)37(47-49)30-4-5-33-32(23-30)46-40(42)59-33/h2-5,22-23,27H,6-21,24-26H2,1H3,(H2,42,46)(H,43,50)(H2,41,44,45). The van der Waals surface area contributed by atoms with Crippen LogP contribution in [0.5, 0.6) is 0 Å². The lowest BCUT2D eigenvalue weighted by molar-refractivity contribution is -0.133. The number of fused-ring (bicyclic) bond motifs is 3. The summed E-state index contributed by atoms with van der Waals surface area (Å²) in [6, 6.07) is 12.0. The number of nitrogens with two attached hydrogens (primary N) is 2. The maximum atomic E-state index is 13.0. The SMILES string of the molecule is COCC(=O)NCCOCCOCCOCCOCCOCCOCCC(=O)N1CCc2cc(Cn3nc(-c4ccc5oc(N)nc5c4)c4c(N)ncnc43)ccc2C1. The van der Waals surface area contributed by atoms with Crippen molar-refractivity contribution in [3.05, 3.63) is 59.4 Å². The molecule has 0 aliphatic carbocycles. The van der Waals surface area contributed by atoms with Gasteiger partial charge in [0.1, 0.15) is 30.0 Å². The Bertz CT molecular complexity index is 2110. The van der Waals surface area contributed by atoms with Gasteiger partial charge in [-0.3, -0.25) is 9.59 Å². The van der Waals surface area contributed by atoms with Crippen molar-refractivity contribution in [1.82, 2.24) is 34.9 Å². The Kier molecular flexibility index (Phi) is 16.7. The van der Waals surface area contributed by atoms with Crippen molar-refractivity contribution in [2.24, 2.45) is 0 Å². The topological polar surface area (TPSA) is 236 Å². The Balaban J connectivity index is 0.807. The number of rotatable bonds is 26. The molecule has 0 saturated carbocycles. The van der Waals surface area contributed by atoms with Gasteiger partial charge in [-0.15, -0.1) is 0 Å². The maximum absolute atomic E-state index is 13.0. The number of carbonyl (C=O) groups is 2. The zero-order valence-electron chi connectivity index (χ0n) is 33.4. The number of nitrogens with zero attached hydrogens (tertiary/aromatic N) is 6. The highest BCUT2D eigenvalue weighted by Gasteiger charge is 2.22. The summed E-state index contributed by atoms with van der Waals surface area (Å²) in [6.07, 6.45) is 2.50. The monoisotopic (exact) mass is 819 g/mol. The lowest BCUT2D eigenvalue weighted by atomic mass is 9.97. The molecule has 0 fully saturated rings. The molecule has 0 bridgehead atoms. The predicted octanol–water partition coefficient (Wildman–Crippen LogP) is 1.98. The Labute approximate surface area is 341 Å². The van der Waals surface area contributed by atoms with Crippen LogP contribution >= 0.6 is 0 Å².